The van der Waals surface area contributed by atoms with Crippen molar-refractivity contribution in [3.63, 3.8) is 0 Å². The molecular formula is C44H46FN3O4. The molecule has 7 nitrogen and oxygen atoms in total. The summed E-state index contributed by atoms with van der Waals surface area (Å²) >= 11 is 0. The van der Waals surface area contributed by atoms with Crippen molar-refractivity contribution in [2.45, 2.75) is 47.3 Å². The number of hydrogen-bond acceptors (Lipinski definition) is 6. The summed E-state index contributed by atoms with van der Waals surface area (Å²) in [5, 5.41) is 0. The zero-order valence-electron chi connectivity index (χ0n) is 30.4. The number of amides is 1. The lowest BCUT2D eigenvalue weighted by atomic mass is 10.0. The first-order chi connectivity index (χ1) is 25.2. The first kappa shape index (κ1) is 36.3. The first-order valence-electron chi connectivity index (χ1n) is 17.8. The Hall–Kier alpha value is -5.47. The zero-order valence-corrected chi connectivity index (χ0v) is 30.4. The number of pyridine rings is 1. The number of aryl methyl sites for hydroxylation is 4. The minimum Gasteiger partial charge on any atom is -0.493 e. The van der Waals surface area contributed by atoms with Gasteiger partial charge in [0.1, 0.15) is 29.7 Å². The Balaban J connectivity index is 0.946. The van der Waals surface area contributed by atoms with Crippen LogP contribution in [0.15, 0.2) is 103 Å². The van der Waals surface area contributed by atoms with Crippen LogP contribution in [0.3, 0.4) is 0 Å². The summed E-state index contributed by atoms with van der Waals surface area (Å²) in [4.78, 5) is 21.9. The predicted octanol–water partition coefficient (Wildman–Crippen LogP) is 8.80. The Morgan fingerprint density at radius 2 is 1.46 bits per heavy atom. The molecule has 0 bridgehead atoms. The molecule has 52 heavy (non-hydrogen) atoms. The lowest BCUT2D eigenvalue weighted by molar-refractivity contribution is -0.127. The second-order valence-electron chi connectivity index (χ2n) is 13.4. The van der Waals surface area contributed by atoms with Gasteiger partial charge in [0.05, 0.1) is 12.8 Å². The molecule has 0 N–H and O–H groups in total. The summed E-state index contributed by atoms with van der Waals surface area (Å²) in [7, 11) is 0. The highest BCUT2D eigenvalue weighted by atomic mass is 19.1. The van der Waals surface area contributed by atoms with Crippen molar-refractivity contribution in [1.29, 1.82) is 0 Å². The smallest absolute Gasteiger partial charge is 0.246 e. The predicted molar refractivity (Wildman–Crippen MR) is 203 cm³/mol. The van der Waals surface area contributed by atoms with Crippen molar-refractivity contribution in [3.8, 4) is 23.1 Å². The van der Waals surface area contributed by atoms with Crippen molar-refractivity contribution in [2.24, 2.45) is 0 Å². The van der Waals surface area contributed by atoms with Gasteiger partial charge in [-0.15, -0.1) is 0 Å². The number of halogens is 1. The lowest BCUT2D eigenvalue weighted by Gasteiger charge is -2.34. The maximum absolute atomic E-state index is 13.1. The Kier molecular flexibility index (Phi) is 12.0. The molecular weight excluding hydrogens is 653 g/mol. The highest BCUT2D eigenvalue weighted by molar-refractivity contribution is 5.92. The van der Waals surface area contributed by atoms with Crippen molar-refractivity contribution in [3.05, 3.63) is 154 Å². The molecule has 0 radical (unpaired) electrons. The Morgan fingerprint density at radius 1 is 0.769 bits per heavy atom. The van der Waals surface area contributed by atoms with Crippen molar-refractivity contribution >= 4 is 12.0 Å². The van der Waals surface area contributed by atoms with E-state index in [1.807, 2.05) is 49.1 Å². The average Bonchev–Trinajstić information content (AvgIpc) is 3.14. The minimum absolute atomic E-state index is 0.0228. The summed E-state index contributed by atoms with van der Waals surface area (Å²) in [6.07, 6.45) is 6.02. The van der Waals surface area contributed by atoms with Gasteiger partial charge in [-0.05, 0) is 115 Å². The van der Waals surface area contributed by atoms with Crippen LogP contribution < -0.4 is 14.2 Å². The Morgan fingerprint density at radius 3 is 2.13 bits per heavy atom. The number of ether oxygens (including phenoxy) is 3. The molecule has 0 aliphatic carbocycles. The van der Waals surface area contributed by atoms with Gasteiger partial charge in [0.25, 0.3) is 0 Å². The average molecular weight is 700 g/mol. The molecule has 1 aromatic heterocycles. The third-order valence-corrected chi connectivity index (χ3v) is 9.30. The molecule has 1 saturated heterocycles. The fourth-order valence-corrected chi connectivity index (χ4v) is 6.26. The molecule has 8 heteroatoms. The lowest BCUT2D eigenvalue weighted by Crippen LogP contribution is -2.47. The molecule has 5 aromatic rings. The van der Waals surface area contributed by atoms with Crippen LogP contribution in [0, 0.1) is 33.5 Å². The van der Waals surface area contributed by atoms with E-state index >= 15 is 0 Å². The van der Waals surface area contributed by atoms with Crippen LogP contribution in [0.1, 0.15) is 44.5 Å². The van der Waals surface area contributed by atoms with Crippen LogP contribution in [0.25, 0.3) is 6.08 Å². The van der Waals surface area contributed by atoms with Gasteiger partial charge in [-0.1, -0.05) is 48.0 Å². The molecule has 2 heterocycles. The number of nitrogens with zero attached hydrogens (tertiary/aromatic N) is 3. The third kappa shape index (κ3) is 10.1. The highest BCUT2D eigenvalue weighted by Gasteiger charge is 2.20. The van der Waals surface area contributed by atoms with E-state index < -0.39 is 0 Å². The quantitative estimate of drug-likeness (QED) is 0.115. The van der Waals surface area contributed by atoms with E-state index in [0.29, 0.717) is 37.9 Å². The van der Waals surface area contributed by atoms with E-state index in [9.17, 15) is 9.18 Å². The standard InChI is InChI=1S/C44H46FN3O4/c1-31-5-14-40(15-6-31)50-24-19-35-7-11-38(32(2)25-35)29-47-20-22-48(23-21-47)43(49)18-10-37-26-33(3)44(34(4)27-37)52-42-17-16-41(28-46-42)51-30-36-8-12-39(45)13-9-36/h5-18,25-28H,19-24,29-30H2,1-4H3/b18-10+. The Labute approximate surface area is 306 Å². The monoisotopic (exact) mass is 699 g/mol. The minimum atomic E-state index is -0.277. The van der Waals surface area contributed by atoms with Gasteiger partial charge in [-0.2, -0.15) is 0 Å². The van der Waals surface area contributed by atoms with Gasteiger partial charge in [0.2, 0.25) is 11.8 Å². The number of aromatic nitrogens is 1. The van der Waals surface area contributed by atoms with E-state index in [1.165, 1.54) is 34.4 Å². The number of piperazine rings is 1. The number of hydrogen-bond donors (Lipinski definition) is 0. The largest absolute Gasteiger partial charge is 0.493 e. The molecule has 268 valence electrons. The van der Waals surface area contributed by atoms with Crippen molar-refractivity contribution in [2.75, 3.05) is 32.8 Å². The second kappa shape index (κ2) is 17.2. The fourth-order valence-electron chi connectivity index (χ4n) is 6.26. The molecule has 1 amide bonds. The van der Waals surface area contributed by atoms with E-state index in [1.54, 1.807) is 36.5 Å². The summed E-state index contributed by atoms with van der Waals surface area (Å²) in [5.41, 5.74) is 8.80. The number of rotatable bonds is 13. The number of carbonyl (C=O) groups excluding carboxylic acids is 1. The molecule has 0 saturated carbocycles. The summed E-state index contributed by atoms with van der Waals surface area (Å²) in [6.45, 7) is 13.1. The molecule has 4 aromatic carbocycles. The molecule has 6 rings (SSSR count). The van der Waals surface area contributed by atoms with E-state index in [-0.39, 0.29) is 11.7 Å². The first-order valence-corrected chi connectivity index (χ1v) is 17.8. The van der Waals surface area contributed by atoms with Crippen LogP contribution in [-0.4, -0.2) is 53.5 Å². The molecule has 0 unspecified atom stereocenters. The van der Waals surface area contributed by atoms with Crippen LogP contribution in [0.5, 0.6) is 23.1 Å². The summed E-state index contributed by atoms with van der Waals surface area (Å²) in [5.74, 6) is 2.42. The third-order valence-electron chi connectivity index (χ3n) is 9.30. The molecule has 0 spiro atoms. The van der Waals surface area contributed by atoms with E-state index in [0.717, 1.165) is 59.8 Å². The summed E-state index contributed by atoms with van der Waals surface area (Å²) in [6, 6.07) is 28.6. The Bertz CT molecular complexity index is 1960. The topological polar surface area (TPSA) is 64.1 Å². The fraction of sp³-hybridized carbons (Fsp3) is 0.273. The maximum atomic E-state index is 13.1. The molecule has 1 fully saturated rings. The molecule has 0 atom stereocenters. The van der Waals surface area contributed by atoms with E-state index in [4.69, 9.17) is 14.2 Å². The highest BCUT2D eigenvalue weighted by Crippen LogP contribution is 2.30. The number of carbonyl (C=O) groups is 1. The number of benzene rings is 4. The van der Waals surface area contributed by atoms with Crippen LogP contribution in [-0.2, 0) is 24.4 Å². The van der Waals surface area contributed by atoms with Gasteiger partial charge >= 0.3 is 0 Å². The summed E-state index contributed by atoms with van der Waals surface area (Å²) < 4.78 is 31.0. The van der Waals surface area contributed by atoms with Crippen molar-refractivity contribution in [1.82, 2.24) is 14.8 Å². The van der Waals surface area contributed by atoms with Gasteiger partial charge in [-0.25, -0.2) is 9.37 Å². The van der Waals surface area contributed by atoms with Crippen LogP contribution in [0.4, 0.5) is 4.39 Å². The second-order valence-corrected chi connectivity index (χ2v) is 13.4. The maximum Gasteiger partial charge on any atom is 0.246 e. The van der Waals surface area contributed by atoms with Gasteiger partial charge < -0.3 is 19.1 Å². The van der Waals surface area contributed by atoms with Gasteiger partial charge in [0, 0.05) is 51.3 Å². The normalized spacial score (nSPS) is 13.4. The molecule has 1 aliphatic rings. The van der Waals surface area contributed by atoms with Gasteiger partial charge in [0.15, 0.2) is 0 Å². The molecule has 1 aliphatic heterocycles. The van der Waals surface area contributed by atoms with Crippen molar-refractivity contribution < 1.29 is 23.4 Å². The van der Waals surface area contributed by atoms with E-state index in [2.05, 4.69) is 54.1 Å². The SMILES string of the molecule is Cc1ccc(OCCc2ccc(CN3CCN(C(=O)/C=C/c4cc(C)c(Oc5ccc(OCc6ccc(F)cc6)cn5)c(C)c4)CC3)c(C)c2)cc1. The van der Waals surface area contributed by atoms with Gasteiger partial charge in [-0.3, -0.25) is 9.69 Å². The zero-order chi connectivity index (χ0) is 36.5. The van der Waals surface area contributed by atoms with Crippen LogP contribution in [0.2, 0.25) is 0 Å². The van der Waals surface area contributed by atoms with Crippen LogP contribution >= 0.6 is 0 Å².